The van der Waals surface area contributed by atoms with Gasteiger partial charge in [-0.25, -0.2) is 0 Å². The van der Waals surface area contributed by atoms with Crippen LogP contribution in [0.3, 0.4) is 0 Å². The summed E-state index contributed by atoms with van der Waals surface area (Å²) in [6.07, 6.45) is 3.43. The van der Waals surface area contributed by atoms with Gasteiger partial charge in [0.2, 0.25) is 0 Å². The van der Waals surface area contributed by atoms with Crippen molar-refractivity contribution >= 4 is 23.2 Å². The van der Waals surface area contributed by atoms with Crippen molar-refractivity contribution in [2.75, 3.05) is 13.1 Å². The lowest BCUT2D eigenvalue weighted by Gasteiger charge is -2.02. The monoisotopic (exact) mass is 195 g/mol. The molecule has 0 spiro atoms. The Morgan fingerprint density at radius 1 is 1.55 bits per heavy atom. The van der Waals surface area contributed by atoms with E-state index in [-0.39, 0.29) is 0 Å². The highest BCUT2D eigenvalue weighted by Gasteiger charge is 2.50. The van der Waals surface area contributed by atoms with Crippen molar-refractivity contribution in [1.29, 1.82) is 0 Å². The minimum absolute atomic E-state index is 0.404. The molecule has 0 aromatic heterocycles. The fourth-order valence-electron chi connectivity index (χ4n) is 1.07. The van der Waals surface area contributed by atoms with Crippen LogP contribution in [-0.2, 0) is 0 Å². The van der Waals surface area contributed by atoms with Crippen molar-refractivity contribution in [2.45, 2.75) is 30.5 Å². The van der Waals surface area contributed by atoms with Crippen molar-refractivity contribution in [1.82, 2.24) is 5.32 Å². The van der Waals surface area contributed by atoms with Gasteiger partial charge in [-0.2, -0.15) is 0 Å². The molecule has 1 unspecified atom stereocenters. The Morgan fingerprint density at radius 3 is 2.64 bits per heavy atom. The Morgan fingerprint density at radius 2 is 2.18 bits per heavy atom. The molecule has 0 bridgehead atoms. The fraction of sp³-hybridized carbons (Fsp3) is 1.00. The average Bonchev–Trinajstić information content (AvgIpc) is 2.52. The van der Waals surface area contributed by atoms with Gasteiger partial charge in [-0.1, -0.05) is 13.3 Å². The Kier molecular flexibility index (Phi) is 3.48. The zero-order valence-electron chi connectivity index (χ0n) is 6.87. The van der Waals surface area contributed by atoms with E-state index < -0.39 is 4.33 Å². The van der Waals surface area contributed by atoms with Gasteiger partial charge >= 0.3 is 0 Å². The van der Waals surface area contributed by atoms with Gasteiger partial charge in [-0.05, 0) is 19.4 Å². The minimum atomic E-state index is -0.404. The van der Waals surface area contributed by atoms with Gasteiger partial charge in [0.15, 0.2) is 0 Å². The Balaban J connectivity index is 1.90. The highest BCUT2D eigenvalue weighted by atomic mass is 35.5. The van der Waals surface area contributed by atoms with Crippen LogP contribution in [0.15, 0.2) is 0 Å². The highest BCUT2D eigenvalue weighted by molar-refractivity contribution is 6.50. The summed E-state index contributed by atoms with van der Waals surface area (Å²) in [5.74, 6) is 0.489. The summed E-state index contributed by atoms with van der Waals surface area (Å²) in [6.45, 7) is 4.26. The molecule has 1 saturated carbocycles. The van der Waals surface area contributed by atoms with Crippen molar-refractivity contribution in [3.63, 3.8) is 0 Å². The molecule has 0 amide bonds. The third-order valence-corrected chi connectivity index (χ3v) is 2.98. The van der Waals surface area contributed by atoms with Crippen LogP contribution in [0.2, 0.25) is 0 Å². The second-order valence-electron chi connectivity index (χ2n) is 3.22. The van der Waals surface area contributed by atoms with E-state index in [1.807, 2.05) is 0 Å². The second kappa shape index (κ2) is 3.97. The van der Waals surface area contributed by atoms with Gasteiger partial charge in [-0.15, -0.1) is 23.2 Å². The van der Waals surface area contributed by atoms with Gasteiger partial charge in [0.05, 0.1) is 0 Å². The number of unbranched alkanes of at least 4 members (excludes halogenated alkanes) is 1. The molecule has 1 fully saturated rings. The largest absolute Gasteiger partial charge is 0.316 e. The summed E-state index contributed by atoms with van der Waals surface area (Å²) in [6, 6.07) is 0. The maximum Gasteiger partial charge on any atom is 0.122 e. The van der Waals surface area contributed by atoms with E-state index in [1.165, 1.54) is 12.8 Å². The van der Waals surface area contributed by atoms with E-state index in [0.717, 1.165) is 19.5 Å². The number of halogens is 2. The number of hydrogen-bond donors (Lipinski definition) is 1. The first-order valence-electron chi connectivity index (χ1n) is 4.25. The lowest BCUT2D eigenvalue weighted by Crippen LogP contribution is -2.19. The maximum atomic E-state index is 5.85. The molecule has 0 aromatic carbocycles. The van der Waals surface area contributed by atoms with Crippen LogP contribution in [-0.4, -0.2) is 17.4 Å². The van der Waals surface area contributed by atoms with Gasteiger partial charge in [0.25, 0.3) is 0 Å². The van der Waals surface area contributed by atoms with E-state index in [0.29, 0.717) is 5.92 Å². The summed E-state index contributed by atoms with van der Waals surface area (Å²) < 4.78 is -0.404. The Bertz CT molecular complexity index is 125. The van der Waals surface area contributed by atoms with Crippen LogP contribution in [0.1, 0.15) is 26.2 Å². The third-order valence-electron chi connectivity index (χ3n) is 2.05. The maximum absolute atomic E-state index is 5.85. The van der Waals surface area contributed by atoms with Gasteiger partial charge in [0.1, 0.15) is 4.33 Å². The summed E-state index contributed by atoms with van der Waals surface area (Å²) in [7, 11) is 0. The summed E-state index contributed by atoms with van der Waals surface area (Å²) in [5, 5.41) is 3.33. The lowest BCUT2D eigenvalue weighted by molar-refractivity contribution is 0.605. The summed E-state index contributed by atoms with van der Waals surface area (Å²) in [5.41, 5.74) is 0. The molecule has 0 saturated heterocycles. The normalized spacial score (nSPS) is 27.0. The van der Waals surface area contributed by atoms with E-state index in [1.54, 1.807) is 0 Å². The molecule has 1 aliphatic rings. The van der Waals surface area contributed by atoms with E-state index in [4.69, 9.17) is 23.2 Å². The molecule has 1 aliphatic carbocycles. The number of rotatable bonds is 5. The topological polar surface area (TPSA) is 12.0 Å². The van der Waals surface area contributed by atoms with Crippen LogP contribution in [0.5, 0.6) is 0 Å². The van der Waals surface area contributed by atoms with Crippen molar-refractivity contribution in [3.05, 3.63) is 0 Å². The number of hydrogen-bond acceptors (Lipinski definition) is 1. The minimum Gasteiger partial charge on any atom is -0.316 e. The second-order valence-corrected chi connectivity index (χ2v) is 4.76. The molecular formula is C8H15Cl2N. The van der Waals surface area contributed by atoms with Crippen molar-refractivity contribution < 1.29 is 0 Å². The van der Waals surface area contributed by atoms with Crippen LogP contribution in [0.25, 0.3) is 0 Å². The van der Waals surface area contributed by atoms with E-state index >= 15 is 0 Å². The molecule has 0 aromatic rings. The Hall–Kier alpha value is 0.540. The smallest absolute Gasteiger partial charge is 0.122 e. The molecule has 0 heterocycles. The quantitative estimate of drug-likeness (QED) is 0.526. The number of nitrogens with one attached hydrogen (secondary N) is 1. The van der Waals surface area contributed by atoms with Gasteiger partial charge in [-0.3, -0.25) is 0 Å². The van der Waals surface area contributed by atoms with Gasteiger partial charge < -0.3 is 5.32 Å². The highest BCUT2D eigenvalue weighted by Crippen LogP contribution is 2.52. The zero-order chi connectivity index (χ0) is 8.32. The van der Waals surface area contributed by atoms with Crippen molar-refractivity contribution in [2.24, 2.45) is 5.92 Å². The first kappa shape index (κ1) is 9.63. The number of alkyl halides is 2. The molecule has 66 valence electrons. The fourth-order valence-corrected chi connectivity index (χ4v) is 1.60. The van der Waals surface area contributed by atoms with Crippen LogP contribution >= 0.6 is 23.2 Å². The summed E-state index contributed by atoms with van der Waals surface area (Å²) in [4.78, 5) is 0. The first-order valence-corrected chi connectivity index (χ1v) is 5.01. The SMILES string of the molecule is CCCCNCC1CC1(Cl)Cl. The molecule has 1 atom stereocenters. The third kappa shape index (κ3) is 3.18. The standard InChI is InChI=1S/C8H15Cl2N/c1-2-3-4-11-6-7-5-8(7,9)10/h7,11H,2-6H2,1H3. The van der Waals surface area contributed by atoms with Crippen LogP contribution in [0.4, 0.5) is 0 Å². The molecule has 1 rings (SSSR count). The van der Waals surface area contributed by atoms with Crippen LogP contribution in [0, 0.1) is 5.92 Å². The van der Waals surface area contributed by atoms with Gasteiger partial charge in [0, 0.05) is 12.5 Å². The molecule has 1 nitrogen and oxygen atoms in total. The average molecular weight is 196 g/mol. The molecule has 0 radical (unpaired) electrons. The molecule has 1 N–H and O–H groups in total. The molecular weight excluding hydrogens is 181 g/mol. The first-order chi connectivity index (χ1) is 5.17. The summed E-state index contributed by atoms with van der Waals surface area (Å²) >= 11 is 11.7. The Labute approximate surface area is 78.4 Å². The van der Waals surface area contributed by atoms with Crippen LogP contribution < -0.4 is 5.32 Å². The van der Waals surface area contributed by atoms with Crippen molar-refractivity contribution in [3.8, 4) is 0 Å². The molecule has 11 heavy (non-hydrogen) atoms. The molecule has 3 heteroatoms. The zero-order valence-corrected chi connectivity index (χ0v) is 8.38. The van der Waals surface area contributed by atoms with E-state index in [9.17, 15) is 0 Å². The predicted octanol–water partition coefficient (Wildman–Crippen LogP) is 2.57. The van der Waals surface area contributed by atoms with E-state index in [2.05, 4.69) is 12.2 Å². The lowest BCUT2D eigenvalue weighted by atomic mass is 10.3. The molecule has 0 aliphatic heterocycles. The predicted molar refractivity (Wildman–Crippen MR) is 50.3 cm³/mol.